The molecule has 0 radical (unpaired) electrons. The fraction of sp³-hybridized carbons (Fsp3) is 0.143. The summed E-state index contributed by atoms with van der Waals surface area (Å²) in [5.41, 5.74) is 0.521. The number of hydrogen-bond acceptors (Lipinski definition) is 2. The molecule has 0 unspecified atom stereocenters. The average Bonchev–Trinajstić information content (AvgIpc) is 2.10. The third-order valence-corrected chi connectivity index (χ3v) is 5.12. The Labute approximate surface area is 108 Å². The summed E-state index contributed by atoms with van der Waals surface area (Å²) >= 11 is 9.43. The van der Waals surface area contributed by atoms with Crippen LogP contribution < -0.4 is 4.72 Å². The number of halogens is 3. The lowest BCUT2D eigenvalue weighted by molar-refractivity contribution is 0.606. The SMILES string of the molecule is O=S(=O)(CBr)Nc1ccc(Br)cc1Br. The summed E-state index contributed by atoms with van der Waals surface area (Å²) in [5, 5.41) is 0. The van der Waals surface area contributed by atoms with E-state index in [4.69, 9.17) is 0 Å². The van der Waals surface area contributed by atoms with E-state index >= 15 is 0 Å². The smallest absolute Gasteiger partial charge is 0.242 e. The van der Waals surface area contributed by atoms with Gasteiger partial charge in [0.2, 0.25) is 10.0 Å². The Balaban J connectivity index is 2.99. The van der Waals surface area contributed by atoms with E-state index in [0.717, 1.165) is 4.47 Å². The standard InChI is InChI=1S/C7H6Br3NO2S/c8-4-14(12,13)11-7-2-1-5(9)3-6(7)10/h1-3,11H,4H2. The van der Waals surface area contributed by atoms with Gasteiger partial charge in [-0.15, -0.1) is 0 Å². The molecule has 0 saturated carbocycles. The molecule has 0 amide bonds. The number of rotatable bonds is 3. The van der Waals surface area contributed by atoms with Crippen LogP contribution in [0, 0.1) is 0 Å². The van der Waals surface area contributed by atoms with Crippen LogP contribution >= 0.6 is 47.8 Å². The monoisotopic (exact) mass is 405 g/mol. The van der Waals surface area contributed by atoms with Crippen LogP contribution in [0.5, 0.6) is 0 Å². The Kier molecular flexibility index (Phi) is 4.42. The second-order valence-electron chi connectivity index (χ2n) is 2.45. The van der Waals surface area contributed by atoms with Crippen LogP contribution in [0.1, 0.15) is 0 Å². The molecular formula is C7H6Br3NO2S. The van der Waals surface area contributed by atoms with Crippen LogP contribution in [0.2, 0.25) is 0 Å². The maximum absolute atomic E-state index is 11.2. The van der Waals surface area contributed by atoms with Crippen LogP contribution in [-0.2, 0) is 10.0 Å². The van der Waals surface area contributed by atoms with E-state index in [1.54, 1.807) is 18.2 Å². The Hall–Kier alpha value is 0.410. The van der Waals surface area contributed by atoms with E-state index in [1.807, 2.05) is 0 Å². The van der Waals surface area contributed by atoms with Gasteiger partial charge in [-0.25, -0.2) is 8.42 Å². The Morgan fingerprint density at radius 3 is 2.43 bits per heavy atom. The number of hydrogen-bond donors (Lipinski definition) is 1. The topological polar surface area (TPSA) is 46.2 Å². The first-order valence-corrected chi connectivity index (χ1v) is 7.82. The van der Waals surface area contributed by atoms with Crippen LogP contribution in [-0.4, -0.2) is 13.1 Å². The lowest BCUT2D eigenvalue weighted by Gasteiger charge is -2.07. The fourth-order valence-corrected chi connectivity index (χ4v) is 2.96. The van der Waals surface area contributed by atoms with Gasteiger partial charge in [-0.2, -0.15) is 0 Å². The highest BCUT2D eigenvalue weighted by atomic mass is 79.9. The Morgan fingerprint density at radius 1 is 1.29 bits per heavy atom. The van der Waals surface area contributed by atoms with Gasteiger partial charge in [-0.05, 0) is 34.1 Å². The zero-order valence-corrected chi connectivity index (χ0v) is 12.4. The lowest BCUT2D eigenvalue weighted by atomic mass is 10.3. The van der Waals surface area contributed by atoms with Crippen LogP contribution in [0.25, 0.3) is 0 Å². The molecule has 1 N–H and O–H groups in total. The molecule has 0 aromatic heterocycles. The number of sulfonamides is 1. The van der Waals surface area contributed by atoms with Gasteiger partial charge in [0, 0.05) is 8.95 Å². The highest BCUT2D eigenvalue weighted by Crippen LogP contribution is 2.27. The summed E-state index contributed by atoms with van der Waals surface area (Å²) in [7, 11) is -3.29. The lowest BCUT2D eigenvalue weighted by Crippen LogP contribution is -2.13. The molecule has 14 heavy (non-hydrogen) atoms. The maximum atomic E-state index is 11.2. The molecule has 1 aromatic rings. The summed E-state index contributed by atoms with van der Waals surface area (Å²) in [4.78, 5) is 0. The molecule has 3 nitrogen and oxygen atoms in total. The van der Waals surface area contributed by atoms with Crippen LogP contribution in [0.4, 0.5) is 5.69 Å². The first-order valence-electron chi connectivity index (χ1n) is 3.46. The van der Waals surface area contributed by atoms with Gasteiger partial charge >= 0.3 is 0 Å². The normalized spacial score (nSPS) is 11.4. The second kappa shape index (κ2) is 4.96. The van der Waals surface area contributed by atoms with Gasteiger partial charge in [0.05, 0.1) is 5.69 Å². The summed E-state index contributed by atoms with van der Waals surface area (Å²) in [6.45, 7) is 0. The minimum atomic E-state index is -3.29. The third kappa shape index (κ3) is 3.52. The predicted molar refractivity (Wildman–Crippen MR) is 68.2 cm³/mol. The van der Waals surface area contributed by atoms with Crippen molar-refractivity contribution in [2.24, 2.45) is 0 Å². The van der Waals surface area contributed by atoms with Crippen molar-refractivity contribution in [2.45, 2.75) is 0 Å². The van der Waals surface area contributed by atoms with Gasteiger partial charge in [0.1, 0.15) is 4.66 Å². The molecular weight excluding hydrogens is 402 g/mol. The van der Waals surface area contributed by atoms with Crippen molar-refractivity contribution in [3.63, 3.8) is 0 Å². The molecule has 0 bridgehead atoms. The van der Waals surface area contributed by atoms with Gasteiger partial charge in [0.25, 0.3) is 0 Å². The first kappa shape index (κ1) is 12.5. The molecule has 0 aliphatic rings. The first-order chi connectivity index (χ1) is 6.44. The summed E-state index contributed by atoms with van der Waals surface area (Å²) in [6, 6.07) is 5.21. The average molecular weight is 408 g/mol. The van der Waals surface area contributed by atoms with Crippen molar-refractivity contribution in [3.05, 3.63) is 27.1 Å². The second-order valence-corrected chi connectivity index (χ2v) is 7.25. The van der Waals surface area contributed by atoms with Gasteiger partial charge in [-0.3, -0.25) is 4.72 Å². The molecule has 0 aliphatic heterocycles. The molecule has 0 heterocycles. The largest absolute Gasteiger partial charge is 0.282 e. The highest BCUT2D eigenvalue weighted by Gasteiger charge is 2.09. The molecule has 7 heteroatoms. The summed E-state index contributed by atoms with van der Waals surface area (Å²) < 4.78 is 26.3. The van der Waals surface area contributed by atoms with Crippen molar-refractivity contribution < 1.29 is 8.42 Å². The highest BCUT2D eigenvalue weighted by molar-refractivity contribution is 9.11. The molecule has 1 aromatic carbocycles. The molecule has 0 atom stereocenters. The molecule has 0 aliphatic carbocycles. The number of nitrogens with one attached hydrogen (secondary N) is 1. The molecule has 78 valence electrons. The van der Waals surface area contributed by atoms with Gasteiger partial charge in [-0.1, -0.05) is 31.9 Å². The van der Waals surface area contributed by atoms with E-state index in [0.29, 0.717) is 10.2 Å². The molecule has 0 fully saturated rings. The van der Waals surface area contributed by atoms with E-state index in [2.05, 4.69) is 52.5 Å². The van der Waals surface area contributed by atoms with Crippen LogP contribution in [0.15, 0.2) is 27.1 Å². The van der Waals surface area contributed by atoms with Crippen molar-refractivity contribution in [3.8, 4) is 0 Å². The maximum Gasteiger partial charge on any atom is 0.242 e. The van der Waals surface area contributed by atoms with Gasteiger partial charge in [0.15, 0.2) is 0 Å². The zero-order chi connectivity index (χ0) is 10.8. The van der Waals surface area contributed by atoms with Crippen molar-refractivity contribution >= 4 is 63.5 Å². The third-order valence-electron chi connectivity index (χ3n) is 1.34. The van der Waals surface area contributed by atoms with E-state index < -0.39 is 10.0 Å². The van der Waals surface area contributed by atoms with Gasteiger partial charge < -0.3 is 0 Å². The molecule has 1 rings (SSSR count). The number of benzene rings is 1. The van der Waals surface area contributed by atoms with E-state index in [-0.39, 0.29) is 4.66 Å². The Bertz CT molecular complexity index is 433. The molecule has 0 spiro atoms. The molecule has 0 saturated heterocycles. The Morgan fingerprint density at radius 2 is 1.93 bits per heavy atom. The van der Waals surface area contributed by atoms with Crippen molar-refractivity contribution in [1.82, 2.24) is 0 Å². The minimum Gasteiger partial charge on any atom is -0.282 e. The van der Waals surface area contributed by atoms with E-state index in [1.165, 1.54) is 0 Å². The fourth-order valence-electron chi connectivity index (χ4n) is 0.767. The number of anilines is 1. The minimum absolute atomic E-state index is 0.123. The van der Waals surface area contributed by atoms with Crippen LogP contribution in [0.3, 0.4) is 0 Å². The zero-order valence-electron chi connectivity index (χ0n) is 6.80. The quantitative estimate of drug-likeness (QED) is 0.781. The number of alkyl halides is 1. The van der Waals surface area contributed by atoms with E-state index in [9.17, 15) is 8.42 Å². The van der Waals surface area contributed by atoms with Crippen molar-refractivity contribution in [2.75, 3.05) is 9.38 Å². The summed E-state index contributed by atoms with van der Waals surface area (Å²) in [6.07, 6.45) is 0. The predicted octanol–water partition coefficient (Wildman–Crippen LogP) is 3.31. The summed E-state index contributed by atoms with van der Waals surface area (Å²) in [5.74, 6) is 0. The van der Waals surface area contributed by atoms with Crippen molar-refractivity contribution in [1.29, 1.82) is 0 Å².